The highest BCUT2D eigenvalue weighted by molar-refractivity contribution is 5.94. The van der Waals surface area contributed by atoms with Crippen molar-refractivity contribution in [3.05, 3.63) is 18.2 Å². The van der Waals surface area contributed by atoms with Gasteiger partial charge in [0.2, 0.25) is 17.7 Å². The van der Waals surface area contributed by atoms with Crippen LogP contribution in [0.5, 0.6) is 0 Å². The van der Waals surface area contributed by atoms with Crippen molar-refractivity contribution in [1.82, 2.24) is 25.9 Å². The van der Waals surface area contributed by atoms with Gasteiger partial charge in [-0.25, -0.2) is 9.78 Å². The number of carboxylic acids is 2. The van der Waals surface area contributed by atoms with Gasteiger partial charge in [0.25, 0.3) is 0 Å². The fourth-order valence-electron chi connectivity index (χ4n) is 2.94. The van der Waals surface area contributed by atoms with E-state index in [2.05, 4.69) is 25.9 Å². The van der Waals surface area contributed by atoms with Crippen molar-refractivity contribution in [2.45, 2.75) is 63.7 Å². The first-order valence-corrected chi connectivity index (χ1v) is 10.7. The maximum atomic E-state index is 12.9. The Morgan fingerprint density at radius 1 is 1.06 bits per heavy atom. The van der Waals surface area contributed by atoms with Gasteiger partial charge in [-0.3, -0.25) is 19.2 Å². The summed E-state index contributed by atoms with van der Waals surface area (Å²) in [5, 5.41) is 34.4. The number of nitrogens with zero attached hydrogens (tertiary/aromatic N) is 1. The van der Waals surface area contributed by atoms with Gasteiger partial charge in [-0.1, -0.05) is 20.3 Å². The number of nitrogens with two attached hydrogens (primary N) is 1. The van der Waals surface area contributed by atoms with Gasteiger partial charge in [0, 0.05) is 24.7 Å². The Bertz CT molecular complexity index is 846. The third-order valence-electron chi connectivity index (χ3n) is 5.20. The molecule has 0 fully saturated rings. The topological polar surface area (TPSA) is 237 Å². The zero-order valence-electron chi connectivity index (χ0n) is 19.0. The molecule has 0 aliphatic carbocycles. The second kappa shape index (κ2) is 13.9. The third-order valence-corrected chi connectivity index (χ3v) is 5.20. The Balaban J connectivity index is 2.84. The number of carboxylic acid groups (broad SMARTS) is 2. The van der Waals surface area contributed by atoms with Crippen molar-refractivity contribution in [2.24, 2.45) is 11.7 Å². The summed E-state index contributed by atoms with van der Waals surface area (Å²) in [6.45, 7) is 2.63. The van der Waals surface area contributed by atoms with Crippen LogP contribution in [0.4, 0.5) is 0 Å². The summed E-state index contributed by atoms with van der Waals surface area (Å²) in [7, 11) is 0. The SMILES string of the molecule is CCC(C)C(NC(=O)C(N)Cc1cnc[nH]1)C(=O)NC(CO)C(=O)NC(CCC(=O)O)C(=O)O. The number of imidazole rings is 1. The summed E-state index contributed by atoms with van der Waals surface area (Å²) < 4.78 is 0. The summed E-state index contributed by atoms with van der Waals surface area (Å²) in [6.07, 6.45) is 2.69. The average Bonchev–Trinajstić information content (AvgIpc) is 3.29. The first-order valence-electron chi connectivity index (χ1n) is 10.7. The lowest BCUT2D eigenvalue weighted by Gasteiger charge is -2.27. The zero-order chi connectivity index (χ0) is 25.8. The van der Waals surface area contributed by atoms with E-state index < -0.39 is 66.9 Å². The molecule has 9 N–H and O–H groups in total. The number of H-pyrrole nitrogens is 1. The van der Waals surface area contributed by atoms with E-state index in [9.17, 15) is 34.2 Å². The van der Waals surface area contributed by atoms with Crippen molar-refractivity contribution in [2.75, 3.05) is 6.61 Å². The highest BCUT2D eigenvalue weighted by Gasteiger charge is 2.32. The maximum Gasteiger partial charge on any atom is 0.326 e. The van der Waals surface area contributed by atoms with Crippen LogP contribution in [0.2, 0.25) is 0 Å². The van der Waals surface area contributed by atoms with Crippen LogP contribution in [0, 0.1) is 5.92 Å². The van der Waals surface area contributed by atoms with Crippen LogP contribution in [0.25, 0.3) is 0 Å². The average molecular weight is 485 g/mol. The lowest BCUT2D eigenvalue weighted by atomic mass is 9.97. The number of aliphatic carboxylic acids is 2. The Hall–Kier alpha value is -3.52. The quantitative estimate of drug-likeness (QED) is 0.133. The molecule has 0 aromatic carbocycles. The molecule has 1 heterocycles. The normalized spacial score (nSPS) is 15.3. The van der Waals surface area contributed by atoms with E-state index in [4.69, 9.17) is 10.8 Å². The molecule has 190 valence electrons. The number of hydrogen-bond acceptors (Lipinski definition) is 8. The van der Waals surface area contributed by atoms with Crippen LogP contribution < -0.4 is 21.7 Å². The number of rotatable bonds is 15. The molecule has 0 saturated carbocycles. The molecule has 0 aliphatic rings. The van der Waals surface area contributed by atoms with Gasteiger partial charge < -0.3 is 42.0 Å². The molecule has 14 nitrogen and oxygen atoms in total. The lowest BCUT2D eigenvalue weighted by molar-refractivity contribution is -0.143. The van der Waals surface area contributed by atoms with Crippen LogP contribution in [-0.2, 0) is 30.4 Å². The van der Waals surface area contributed by atoms with E-state index in [1.165, 1.54) is 12.5 Å². The number of aliphatic hydroxyl groups is 1. The van der Waals surface area contributed by atoms with Crippen LogP contribution in [0.1, 0.15) is 38.8 Å². The fraction of sp³-hybridized carbons (Fsp3) is 0.600. The first-order chi connectivity index (χ1) is 16.0. The zero-order valence-corrected chi connectivity index (χ0v) is 19.0. The molecule has 5 atom stereocenters. The molecule has 0 spiro atoms. The predicted octanol–water partition coefficient (Wildman–Crippen LogP) is -2.28. The molecule has 5 unspecified atom stereocenters. The van der Waals surface area contributed by atoms with Gasteiger partial charge in [-0.05, 0) is 12.3 Å². The van der Waals surface area contributed by atoms with E-state index in [1.54, 1.807) is 13.8 Å². The molecule has 3 amide bonds. The summed E-state index contributed by atoms with van der Waals surface area (Å²) in [4.78, 5) is 66.5. The number of carbonyl (C=O) groups is 5. The number of nitrogens with one attached hydrogen (secondary N) is 4. The number of carbonyl (C=O) groups excluding carboxylic acids is 3. The number of aromatic nitrogens is 2. The minimum atomic E-state index is -1.53. The highest BCUT2D eigenvalue weighted by atomic mass is 16.4. The van der Waals surface area contributed by atoms with Crippen LogP contribution >= 0.6 is 0 Å². The first kappa shape index (κ1) is 28.5. The van der Waals surface area contributed by atoms with Gasteiger partial charge in [0.15, 0.2) is 0 Å². The van der Waals surface area contributed by atoms with Gasteiger partial charge in [-0.15, -0.1) is 0 Å². The minimum Gasteiger partial charge on any atom is -0.481 e. The van der Waals surface area contributed by atoms with Crippen LogP contribution in [0.15, 0.2) is 12.5 Å². The molecule has 1 aromatic rings. The molecular formula is C20H32N6O8. The monoisotopic (exact) mass is 484 g/mol. The molecule has 1 aromatic heterocycles. The maximum absolute atomic E-state index is 12.9. The Labute approximate surface area is 195 Å². The molecule has 0 saturated heterocycles. The van der Waals surface area contributed by atoms with Crippen molar-refractivity contribution < 1.29 is 39.3 Å². The lowest BCUT2D eigenvalue weighted by Crippen LogP contribution is -2.59. The largest absolute Gasteiger partial charge is 0.481 e. The van der Waals surface area contributed by atoms with Gasteiger partial charge in [0.05, 0.1) is 19.0 Å². The van der Waals surface area contributed by atoms with Gasteiger partial charge in [-0.2, -0.15) is 0 Å². The smallest absolute Gasteiger partial charge is 0.326 e. The number of hydrogen-bond donors (Lipinski definition) is 8. The summed E-state index contributed by atoms with van der Waals surface area (Å²) in [6, 6.07) is -5.13. The van der Waals surface area contributed by atoms with Gasteiger partial charge >= 0.3 is 11.9 Å². The molecule has 14 heteroatoms. The Kier molecular flexibility index (Phi) is 11.7. The van der Waals surface area contributed by atoms with E-state index in [0.717, 1.165) is 0 Å². The van der Waals surface area contributed by atoms with Crippen molar-refractivity contribution >= 4 is 29.7 Å². The predicted molar refractivity (Wildman–Crippen MR) is 117 cm³/mol. The van der Waals surface area contributed by atoms with E-state index >= 15 is 0 Å². The van der Waals surface area contributed by atoms with E-state index in [1.807, 2.05) is 0 Å². The Morgan fingerprint density at radius 2 is 1.71 bits per heavy atom. The van der Waals surface area contributed by atoms with Gasteiger partial charge in [0.1, 0.15) is 18.1 Å². The Morgan fingerprint density at radius 3 is 2.21 bits per heavy atom. The highest BCUT2D eigenvalue weighted by Crippen LogP contribution is 2.09. The number of amides is 3. The van der Waals surface area contributed by atoms with Crippen LogP contribution in [0.3, 0.4) is 0 Å². The van der Waals surface area contributed by atoms with Crippen LogP contribution in [-0.4, -0.2) is 85.7 Å². The molecular weight excluding hydrogens is 452 g/mol. The summed E-state index contributed by atoms with van der Waals surface area (Å²) in [5.74, 6) is -5.48. The summed E-state index contributed by atoms with van der Waals surface area (Å²) >= 11 is 0. The van der Waals surface area contributed by atoms with E-state index in [0.29, 0.717) is 12.1 Å². The minimum absolute atomic E-state index is 0.148. The molecule has 34 heavy (non-hydrogen) atoms. The number of aromatic amines is 1. The van der Waals surface area contributed by atoms with E-state index in [-0.39, 0.29) is 18.8 Å². The third kappa shape index (κ3) is 9.15. The standard InChI is InChI=1S/C20H32N6O8/c1-3-10(2)16(26-17(30)12(21)6-11-7-22-9-23-11)19(32)25-14(8-27)18(31)24-13(20(33)34)4-5-15(28)29/h7,9-10,12-14,16,27H,3-6,8,21H2,1-2H3,(H,22,23)(H,24,31)(H,25,32)(H,26,30)(H,28,29)(H,33,34). The second-order valence-electron chi connectivity index (χ2n) is 7.83. The molecule has 1 rings (SSSR count). The summed E-state index contributed by atoms with van der Waals surface area (Å²) in [5.41, 5.74) is 6.54. The second-order valence-corrected chi connectivity index (χ2v) is 7.83. The van der Waals surface area contributed by atoms with Crippen molar-refractivity contribution in [3.8, 4) is 0 Å². The van der Waals surface area contributed by atoms with Crippen molar-refractivity contribution in [3.63, 3.8) is 0 Å². The molecule has 0 aliphatic heterocycles. The molecule has 0 bridgehead atoms. The van der Waals surface area contributed by atoms with Crippen molar-refractivity contribution in [1.29, 1.82) is 0 Å². The fourth-order valence-corrected chi connectivity index (χ4v) is 2.94. The molecule has 0 radical (unpaired) electrons. The number of aliphatic hydroxyl groups excluding tert-OH is 1.